The third kappa shape index (κ3) is 3.10. The van der Waals surface area contributed by atoms with Crippen molar-refractivity contribution in [1.29, 1.82) is 0 Å². The van der Waals surface area contributed by atoms with Gasteiger partial charge in [0.15, 0.2) is 0 Å². The lowest BCUT2D eigenvalue weighted by Crippen LogP contribution is -2.29. The summed E-state index contributed by atoms with van der Waals surface area (Å²) in [6.45, 7) is 5.77. The van der Waals surface area contributed by atoms with Crippen LogP contribution in [0.2, 0.25) is 0 Å². The fourth-order valence-corrected chi connectivity index (χ4v) is 3.66. The van der Waals surface area contributed by atoms with Crippen LogP contribution in [-0.4, -0.2) is 28.0 Å². The number of amides is 1. The Kier molecular flexibility index (Phi) is 4.49. The summed E-state index contributed by atoms with van der Waals surface area (Å²) in [5.74, 6) is 0.0736. The molecular weight excluding hydrogens is 322 g/mol. The number of hydrogen-bond donors (Lipinski definition) is 0. The van der Waals surface area contributed by atoms with E-state index in [1.807, 2.05) is 44.2 Å². The van der Waals surface area contributed by atoms with Crippen molar-refractivity contribution >= 4 is 17.2 Å². The Labute approximate surface area is 144 Å². The molecule has 0 aliphatic carbocycles. The first-order chi connectivity index (χ1) is 11.5. The summed E-state index contributed by atoms with van der Waals surface area (Å²) < 4.78 is 5.08. The average Bonchev–Trinajstić information content (AvgIpc) is 3.19. The number of nitrogens with zero attached hydrogens (tertiary/aromatic N) is 3. The van der Waals surface area contributed by atoms with Gasteiger partial charge < -0.3 is 9.42 Å². The number of aromatic nitrogens is 2. The molecule has 3 aromatic rings. The number of thiazole rings is 1. The predicted molar refractivity (Wildman–Crippen MR) is 94.0 cm³/mol. The molecule has 0 unspecified atom stereocenters. The van der Waals surface area contributed by atoms with E-state index in [0.29, 0.717) is 5.69 Å². The molecule has 6 heteroatoms. The normalized spacial score (nSPS) is 12.2. The van der Waals surface area contributed by atoms with Gasteiger partial charge in [-0.2, -0.15) is 0 Å². The lowest BCUT2D eigenvalue weighted by atomic mass is 10.2. The van der Waals surface area contributed by atoms with E-state index in [2.05, 4.69) is 10.1 Å². The predicted octanol–water partition coefficient (Wildman–Crippen LogP) is 4.25. The van der Waals surface area contributed by atoms with Crippen LogP contribution < -0.4 is 0 Å². The molecule has 124 valence electrons. The van der Waals surface area contributed by atoms with Gasteiger partial charge in [0.1, 0.15) is 5.01 Å². The van der Waals surface area contributed by atoms with E-state index in [0.717, 1.165) is 21.1 Å². The minimum Gasteiger partial charge on any atom is -0.351 e. The SMILES string of the molecule is Cc1cc(C(=O)N(C)[C@@H](C)c2sc(-c3ccccc3)nc2C)on1. The molecule has 1 aromatic carbocycles. The Morgan fingerprint density at radius 3 is 2.58 bits per heavy atom. The Bertz CT molecular complexity index is 854. The number of rotatable bonds is 4. The molecule has 0 radical (unpaired) electrons. The summed E-state index contributed by atoms with van der Waals surface area (Å²) in [6.07, 6.45) is 0. The van der Waals surface area contributed by atoms with E-state index in [1.54, 1.807) is 36.3 Å². The zero-order chi connectivity index (χ0) is 17.3. The van der Waals surface area contributed by atoms with Crippen LogP contribution in [0.4, 0.5) is 0 Å². The minimum absolute atomic E-state index is 0.0992. The molecule has 0 bridgehead atoms. The van der Waals surface area contributed by atoms with Crippen LogP contribution >= 0.6 is 11.3 Å². The highest BCUT2D eigenvalue weighted by atomic mass is 32.1. The molecule has 5 nitrogen and oxygen atoms in total. The molecule has 0 N–H and O–H groups in total. The molecule has 0 saturated carbocycles. The molecule has 0 fully saturated rings. The van der Waals surface area contributed by atoms with Crippen molar-refractivity contribution in [2.75, 3.05) is 7.05 Å². The molecule has 0 saturated heterocycles. The largest absolute Gasteiger partial charge is 0.351 e. The Hall–Kier alpha value is -2.47. The van der Waals surface area contributed by atoms with Gasteiger partial charge in [0.25, 0.3) is 5.91 Å². The fourth-order valence-electron chi connectivity index (χ4n) is 2.49. The summed E-state index contributed by atoms with van der Waals surface area (Å²) in [7, 11) is 1.77. The summed E-state index contributed by atoms with van der Waals surface area (Å²) in [5.41, 5.74) is 2.73. The van der Waals surface area contributed by atoms with Gasteiger partial charge in [-0.05, 0) is 20.8 Å². The maximum atomic E-state index is 12.5. The van der Waals surface area contributed by atoms with E-state index in [4.69, 9.17) is 4.52 Å². The van der Waals surface area contributed by atoms with Crippen LogP contribution in [0, 0.1) is 13.8 Å². The molecule has 0 aliphatic heterocycles. The minimum atomic E-state index is -0.183. The first-order valence-corrected chi connectivity index (χ1v) is 8.52. The maximum absolute atomic E-state index is 12.5. The maximum Gasteiger partial charge on any atom is 0.292 e. The van der Waals surface area contributed by atoms with E-state index < -0.39 is 0 Å². The summed E-state index contributed by atoms with van der Waals surface area (Å²) >= 11 is 1.62. The van der Waals surface area contributed by atoms with Crippen molar-refractivity contribution in [3.05, 3.63) is 58.4 Å². The standard InChI is InChI=1S/C18H19N3O2S/c1-11-10-15(23-20-11)18(22)21(4)13(3)16-12(2)19-17(24-16)14-8-6-5-7-9-14/h5-10,13H,1-4H3/t13-/m0/s1. The van der Waals surface area contributed by atoms with Gasteiger partial charge in [-0.3, -0.25) is 4.79 Å². The van der Waals surface area contributed by atoms with Crippen LogP contribution in [0.3, 0.4) is 0 Å². The highest BCUT2D eigenvalue weighted by molar-refractivity contribution is 7.15. The number of aryl methyl sites for hydroxylation is 2. The van der Waals surface area contributed by atoms with Crippen molar-refractivity contribution in [2.45, 2.75) is 26.8 Å². The molecule has 24 heavy (non-hydrogen) atoms. The molecule has 0 aliphatic rings. The van der Waals surface area contributed by atoms with Crippen molar-refractivity contribution in [3.63, 3.8) is 0 Å². The molecular formula is C18H19N3O2S. The number of carbonyl (C=O) groups excluding carboxylic acids is 1. The Balaban J connectivity index is 1.86. The molecule has 3 rings (SSSR count). The second-order valence-electron chi connectivity index (χ2n) is 5.76. The first-order valence-electron chi connectivity index (χ1n) is 7.70. The fraction of sp³-hybridized carbons (Fsp3) is 0.278. The lowest BCUT2D eigenvalue weighted by Gasteiger charge is -2.23. The van der Waals surface area contributed by atoms with Crippen LogP contribution in [0.25, 0.3) is 10.6 Å². The van der Waals surface area contributed by atoms with Gasteiger partial charge in [0.2, 0.25) is 5.76 Å². The number of benzene rings is 1. The van der Waals surface area contributed by atoms with E-state index in [1.165, 1.54) is 0 Å². The van der Waals surface area contributed by atoms with E-state index >= 15 is 0 Å². The van der Waals surface area contributed by atoms with Crippen LogP contribution in [-0.2, 0) is 0 Å². The van der Waals surface area contributed by atoms with Crippen molar-refractivity contribution in [2.24, 2.45) is 0 Å². The van der Waals surface area contributed by atoms with Crippen molar-refractivity contribution in [1.82, 2.24) is 15.0 Å². The topological polar surface area (TPSA) is 59.2 Å². The first kappa shape index (κ1) is 16.4. The average molecular weight is 341 g/mol. The van der Waals surface area contributed by atoms with Crippen LogP contribution in [0.5, 0.6) is 0 Å². The van der Waals surface area contributed by atoms with E-state index in [9.17, 15) is 4.79 Å². The zero-order valence-electron chi connectivity index (χ0n) is 14.1. The van der Waals surface area contributed by atoms with Crippen LogP contribution in [0.1, 0.15) is 39.8 Å². The van der Waals surface area contributed by atoms with Gasteiger partial charge in [-0.1, -0.05) is 35.5 Å². The highest BCUT2D eigenvalue weighted by Gasteiger charge is 2.25. The van der Waals surface area contributed by atoms with Crippen molar-refractivity contribution in [3.8, 4) is 10.6 Å². The molecule has 1 atom stereocenters. The highest BCUT2D eigenvalue weighted by Crippen LogP contribution is 2.34. The Morgan fingerprint density at radius 2 is 1.96 bits per heavy atom. The Morgan fingerprint density at radius 1 is 1.25 bits per heavy atom. The number of carbonyl (C=O) groups is 1. The number of hydrogen-bond acceptors (Lipinski definition) is 5. The molecule has 2 aromatic heterocycles. The third-order valence-electron chi connectivity index (χ3n) is 3.97. The summed E-state index contributed by atoms with van der Waals surface area (Å²) in [5, 5.41) is 4.75. The molecule has 1 amide bonds. The van der Waals surface area contributed by atoms with Gasteiger partial charge >= 0.3 is 0 Å². The van der Waals surface area contributed by atoms with Gasteiger partial charge in [-0.15, -0.1) is 11.3 Å². The van der Waals surface area contributed by atoms with Gasteiger partial charge in [0, 0.05) is 18.7 Å². The van der Waals surface area contributed by atoms with Crippen LogP contribution in [0.15, 0.2) is 40.9 Å². The summed E-state index contributed by atoms with van der Waals surface area (Å²) in [6, 6.07) is 11.6. The zero-order valence-corrected chi connectivity index (χ0v) is 14.9. The molecule has 2 heterocycles. The quantitative estimate of drug-likeness (QED) is 0.712. The molecule has 0 spiro atoms. The third-order valence-corrected chi connectivity index (χ3v) is 5.35. The van der Waals surface area contributed by atoms with E-state index in [-0.39, 0.29) is 17.7 Å². The van der Waals surface area contributed by atoms with Gasteiger partial charge in [0.05, 0.1) is 22.3 Å². The smallest absolute Gasteiger partial charge is 0.292 e. The lowest BCUT2D eigenvalue weighted by molar-refractivity contribution is 0.0702. The summed E-state index contributed by atoms with van der Waals surface area (Å²) in [4.78, 5) is 19.9. The van der Waals surface area contributed by atoms with Gasteiger partial charge in [-0.25, -0.2) is 4.98 Å². The second-order valence-corrected chi connectivity index (χ2v) is 6.79. The monoisotopic (exact) mass is 341 g/mol. The van der Waals surface area contributed by atoms with Crippen molar-refractivity contribution < 1.29 is 9.32 Å². The second kappa shape index (κ2) is 6.57.